The van der Waals surface area contributed by atoms with Gasteiger partial charge in [-0.15, -0.1) is 0 Å². The lowest BCUT2D eigenvalue weighted by Gasteiger charge is -2.19. The highest BCUT2D eigenvalue weighted by Crippen LogP contribution is 2.23. The molecule has 2 aromatic carbocycles. The molecule has 1 aliphatic heterocycles. The maximum absolute atomic E-state index is 11.9. The van der Waals surface area contributed by atoms with Gasteiger partial charge in [-0.05, 0) is 30.2 Å². The van der Waals surface area contributed by atoms with E-state index in [9.17, 15) is 4.79 Å². The molecule has 1 saturated heterocycles. The molecule has 1 fully saturated rings. The Morgan fingerprint density at radius 3 is 2.83 bits per heavy atom. The summed E-state index contributed by atoms with van der Waals surface area (Å²) < 4.78 is 6.34. The van der Waals surface area contributed by atoms with Gasteiger partial charge in [0.2, 0.25) is 0 Å². The van der Waals surface area contributed by atoms with Crippen LogP contribution in [0, 0.1) is 0 Å². The summed E-state index contributed by atoms with van der Waals surface area (Å²) in [5.74, 6) is 0. The molecule has 1 amide bonds. The number of halogens is 1. The zero-order chi connectivity index (χ0) is 16.1. The summed E-state index contributed by atoms with van der Waals surface area (Å²) in [6.45, 7) is 2.03. The molecule has 1 heterocycles. The first-order valence-corrected chi connectivity index (χ1v) is 8.48. The molecule has 1 unspecified atom stereocenters. The van der Waals surface area contributed by atoms with Crippen molar-refractivity contribution in [3.05, 3.63) is 64.6 Å². The summed E-state index contributed by atoms with van der Waals surface area (Å²) in [7, 11) is 0. The predicted molar refractivity (Wildman–Crippen MR) is 94.5 cm³/mol. The Kier molecular flexibility index (Phi) is 5.18. The molecule has 3 rings (SSSR count). The number of nitrogens with one attached hydrogen (secondary N) is 1. The first-order chi connectivity index (χ1) is 11.2. The predicted octanol–water partition coefficient (Wildman–Crippen LogP) is 3.95. The lowest BCUT2D eigenvalue weighted by atomic mass is 10.2. The van der Waals surface area contributed by atoms with Gasteiger partial charge in [0.1, 0.15) is 6.61 Å². The standard InChI is InChI=1S/C18H19BrN2O2/c19-15-7-4-8-17(11-15)21-10-9-16(12-21)20-18(22)23-13-14-5-2-1-3-6-14/h1-8,11,16H,9-10,12-13H2,(H,20,22). The van der Waals surface area contributed by atoms with Crippen LogP contribution in [0.2, 0.25) is 0 Å². The van der Waals surface area contributed by atoms with Crippen LogP contribution in [-0.2, 0) is 11.3 Å². The average Bonchev–Trinajstić information content (AvgIpc) is 3.02. The molecule has 0 aliphatic carbocycles. The quantitative estimate of drug-likeness (QED) is 0.880. The number of carbonyl (C=O) groups is 1. The van der Waals surface area contributed by atoms with Gasteiger partial charge >= 0.3 is 6.09 Å². The summed E-state index contributed by atoms with van der Waals surface area (Å²) >= 11 is 3.49. The van der Waals surface area contributed by atoms with Crippen molar-refractivity contribution < 1.29 is 9.53 Å². The molecule has 1 aliphatic rings. The summed E-state index contributed by atoms with van der Waals surface area (Å²) in [4.78, 5) is 14.2. The number of carbonyl (C=O) groups excluding carboxylic acids is 1. The number of nitrogens with zero attached hydrogens (tertiary/aromatic N) is 1. The van der Waals surface area contributed by atoms with Gasteiger partial charge in [-0.25, -0.2) is 4.79 Å². The van der Waals surface area contributed by atoms with Crippen molar-refractivity contribution in [3.8, 4) is 0 Å². The second kappa shape index (κ2) is 7.51. The summed E-state index contributed by atoms with van der Waals surface area (Å²) in [5.41, 5.74) is 2.16. The normalized spacial score (nSPS) is 17.1. The Bertz CT molecular complexity index is 663. The van der Waals surface area contributed by atoms with E-state index in [4.69, 9.17) is 4.74 Å². The maximum atomic E-state index is 11.9. The third kappa shape index (κ3) is 4.48. The zero-order valence-corrected chi connectivity index (χ0v) is 14.3. The summed E-state index contributed by atoms with van der Waals surface area (Å²) in [5, 5.41) is 2.95. The van der Waals surface area contributed by atoms with Crippen molar-refractivity contribution in [2.45, 2.75) is 19.1 Å². The highest BCUT2D eigenvalue weighted by molar-refractivity contribution is 9.10. The number of hydrogen-bond donors (Lipinski definition) is 1. The molecule has 0 spiro atoms. The lowest BCUT2D eigenvalue weighted by molar-refractivity contribution is 0.136. The molecular formula is C18H19BrN2O2. The number of hydrogen-bond acceptors (Lipinski definition) is 3. The van der Waals surface area contributed by atoms with Crippen molar-refractivity contribution in [1.29, 1.82) is 0 Å². The van der Waals surface area contributed by atoms with E-state index in [1.807, 2.05) is 42.5 Å². The van der Waals surface area contributed by atoms with E-state index in [0.29, 0.717) is 6.61 Å². The Morgan fingerprint density at radius 1 is 1.22 bits per heavy atom. The van der Waals surface area contributed by atoms with Crippen LogP contribution in [0.25, 0.3) is 0 Å². The topological polar surface area (TPSA) is 41.6 Å². The van der Waals surface area contributed by atoms with Crippen LogP contribution in [0.4, 0.5) is 10.5 Å². The first kappa shape index (κ1) is 15.9. The van der Waals surface area contributed by atoms with Crippen LogP contribution in [-0.4, -0.2) is 25.2 Å². The monoisotopic (exact) mass is 374 g/mol. The fourth-order valence-electron chi connectivity index (χ4n) is 2.72. The number of benzene rings is 2. The summed E-state index contributed by atoms with van der Waals surface area (Å²) in [6.07, 6.45) is 0.572. The van der Waals surface area contributed by atoms with E-state index in [1.165, 1.54) is 5.69 Å². The fraction of sp³-hybridized carbons (Fsp3) is 0.278. The molecule has 5 heteroatoms. The van der Waals surface area contributed by atoms with E-state index in [1.54, 1.807) is 0 Å². The van der Waals surface area contributed by atoms with Gasteiger partial charge in [0.05, 0.1) is 6.04 Å². The molecule has 1 atom stereocenters. The molecule has 0 radical (unpaired) electrons. The van der Waals surface area contributed by atoms with Gasteiger partial charge in [0.15, 0.2) is 0 Å². The number of alkyl carbamates (subject to hydrolysis) is 1. The van der Waals surface area contributed by atoms with Crippen LogP contribution in [0.5, 0.6) is 0 Å². The van der Waals surface area contributed by atoms with Crippen LogP contribution in [0.3, 0.4) is 0 Å². The molecule has 1 N–H and O–H groups in total. The average molecular weight is 375 g/mol. The lowest BCUT2D eigenvalue weighted by Crippen LogP contribution is -2.37. The molecular weight excluding hydrogens is 356 g/mol. The van der Waals surface area contributed by atoms with Gasteiger partial charge in [0, 0.05) is 23.2 Å². The van der Waals surface area contributed by atoms with E-state index in [0.717, 1.165) is 29.5 Å². The zero-order valence-electron chi connectivity index (χ0n) is 12.7. The van der Waals surface area contributed by atoms with Gasteiger partial charge in [-0.2, -0.15) is 0 Å². The van der Waals surface area contributed by atoms with E-state index in [-0.39, 0.29) is 12.1 Å². The Balaban J connectivity index is 1.47. The number of anilines is 1. The molecule has 23 heavy (non-hydrogen) atoms. The van der Waals surface area contributed by atoms with Crippen LogP contribution >= 0.6 is 15.9 Å². The smallest absolute Gasteiger partial charge is 0.407 e. The molecule has 2 aromatic rings. The molecule has 120 valence electrons. The summed E-state index contributed by atoms with van der Waals surface area (Å²) in [6, 6.07) is 18.0. The molecule has 4 nitrogen and oxygen atoms in total. The Morgan fingerprint density at radius 2 is 2.04 bits per heavy atom. The van der Waals surface area contributed by atoms with Crippen LogP contribution < -0.4 is 10.2 Å². The van der Waals surface area contributed by atoms with E-state index < -0.39 is 0 Å². The number of amides is 1. The minimum Gasteiger partial charge on any atom is -0.445 e. The van der Waals surface area contributed by atoms with Crippen molar-refractivity contribution in [2.75, 3.05) is 18.0 Å². The third-order valence-corrected chi connectivity index (χ3v) is 4.39. The van der Waals surface area contributed by atoms with Gasteiger partial charge < -0.3 is 15.0 Å². The second-order valence-electron chi connectivity index (χ2n) is 5.62. The van der Waals surface area contributed by atoms with E-state index >= 15 is 0 Å². The minimum atomic E-state index is -0.352. The van der Waals surface area contributed by atoms with Crippen molar-refractivity contribution in [2.24, 2.45) is 0 Å². The highest BCUT2D eigenvalue weighted by atomic mass is 79.9. The molecule has 0 saturated carbocycles. The number of rotatable bonds is 4. The Hall–Kier alpha value is -2.01. The van der Waals surface area contributed by atoms with Gasteiger partial charge in [-0.1, -0.05) is 52.3 Å². The van der Waals surface area contributed by atoms with Gasteiger partial charge in [0.25, 0.3) is 0 Å². The molecule has 0 aromatic heterocycles. The number of ether oxygens (including phenoxy) is 1. The third-order valence-electron chi connectivity index (χ3n) is 3.90. The van der Waals surface area contributed by atoms with Crippen LogP contribution in [0.1, 0.15) is 12.0 Å². The van der Waals surface area contributed by atoms with Gasteiger partial charge in [-0.3, -0.25) is 0 Å². The van der Waals surface area contributed by atoms with E-state index in [2.05, 4.69) is 38.3 Å². The van der Waals surface area contributed by atoms with Crippen molar-refractivity contribution in [1.82, 2.24) is 5.32 Å². The maximum Gasteiger partial charge on any atom is 0.407 e. The van der Waals surface area contributed by atoms with Crippen molar-refractivity contribution in [3.63, 3.8) is 0 Å². The minimum absolute atomic E-state index is 0.122. The SMILES string of the molecule is O=C(NC1CCN(c2cccc(Br)c2)C1)OCc1ccccc1. The highest BCUT2D eigenvalue weighted by Gasteiger charge is 2.24. The Labute approximate surface area is 144 Å². The second-order valence-corrected chi connectivity index (χ2v) is 6.53. The largest absolute Gasteiger partial charge is 0.445 e. The molecule has 0 bridgehead atoms. The van der Waals surface area contributed by atoms with Crippen LogP contribution in [0.15, 0.2) is 59.1 Å². The first-order valence-electron chi connectivity index (χ1n) is 7.68. The fourth-order valence-corrected chi connectivity index (χ4v) is 3.10. The van der Waals surface area contributed by atoms with Crippen molar-refractivity contribution >= 4 is 27.7 Å².